The van der Waals surface area contributed by atoms with Gasteiger partial charge in [-0.1, -0.05) is 12.1 Å². The fourth-order valence-corrected chi connectivity index (χ4v) is 3.93. The van der Waals surface area contributed by atoms with Crippen molar-refractivity contribution in [2.45, 2.75) is 25.2 Å². The number of nitrogens with zero attached hydrogens (tertiary/aromatic N) is 2. The number of carbonyl (C=O) groups is 1. The van der Waals surface area contributed by atoms with Crippen LogP contribution in [0.4, 0.5) is 8.78 Å². The Labute approximate surface area is 154 Å². The summed E-state index contributed by atoms with van der Waals surface area (Å²) in [5.74, 6) is -1.36. The van der Waals surface area contributed by atoms with E-state index in [1.807, 2.05) is 0 Å². The van der Waals surface area contributed by atoms with E-state index in [0.717, 1.165) is 11.3 Å². The van der Waals surface area contributed by atoms with Gasteiger partial charge in [-0.3, -0.25) is 10.0 Å². The fraction of sp³-hybridized carbons (Fsp3) is 0.200. The Morgan fingerprint density at radius 3 is 2.63 bits per heavy atom. The first-order valence-corrected chi connectivity index (χ1v) is 8.48. The number of benzene rings is 2. The van der Waals surface area contributed by atoms with E-state index >= 15 is 0 Å². The van der Waals surface area contributed by atoms with E-state index in [1.165, 1.54) is 18.2 Å². The Morgan fingerprint density at radius 1 is 1.19 bits per heavy atom. The summed E-state index contributed by atoms with van der Waals surface area (Å²) in [7, 11) is 0. The molecule has 5 nitrogen and oxygen atoms in total. The fourth-order valence-electron chi connectivity index (χ4n) is 3.93. The number of hydrogen-bond donors (Lipinski definition) is 2. The number of nitrogens with one attached hydrogen (secondary N) is 1. The molecule has 7 heteroatoms. The van der Waals surface area contributed by atoms with Crippen molar-refractivity contribution in [3.05, 3.63) is 82.7 Å². The molecule has 2 N–H and O–H groups in total. The average Bonchev–Trinajstić information content (AvgIpc) is 3.22. The van der Waals surface area contributed by atoms with E-state index in [-0.39, 0.29) is 18.7 Å². The minimum absolute atomic E-state index is 0.233. The van der Waals surface area contributed by atoms with Gasteiger partial charge in [0.05, 0.1) is 17.3 Å². The maximum Gasteiger partial charge on any atom is 0.254 e. The molecule has 0 aliphatic heterocycles. The van der Waals surface area contributed by atoms with Crippen molar-refractivity contribution >= 4 is 5.91 Å². The second kappa shape index (κ2) is 6.28. The van der Waals surface area contributed by atoms with Gasteiger partial charge in [-0.15, -0.1) is 0 Å². The molecule has 1 atom stereocenters. The number of carbonyl (C=O) groups excluding carboxylic acids is 1. The molecule has 1 aliphatic rings. The van der Waals surface area contributed by atoms with Crippen molar-refractivity contribution in [2.75, 3.05) is 0 Å². The number of hydroxylamine groups is 1. The summed E-state index contributed by atoms with van der Waals surface area (Å²) in [5.41, 5.74) is 3.75. The van der Waals surface area contributed by atoms with Crippen molar-refractivity contribution in [1.29, 1.82) is 0 Å². The summed E-state index contributed by atoms with van der Waals surface area (Å²) in [6.07, 6.45) is 2.16. The molecule has 0 saturated heterocycles. The average molecular weight is 369 g/mol. The topological polar surface area (TPSA) is 67.2 Å². The van der Waals surface area contributed by atoms with Crippen LogP contribution in [0.1, 0.15) is 22.4 Å². The number of aromatic nitrogens is 2. The number of amides is 1. The third-order valence-electron chi connectivity index (χ3n) is 5.31. The Balaban J connectivity index is 1.83. The first-order valence-electron chi connectivity index (χ1n) is 8.48. The third kappa shape index (κ3) is 2.62. The van der Waals surface area contributed by atoms with Crippen molar-refractivity contribution in [3.8, 4) is 5.69 Å². The Bertz CT molecular complexity index is 1030. The van der Waals surface area contributed by atoms with Crippen molar-refractivity contribution in [1.82, 2.24) is 15.3 Å². The molecule has 0 radical (unpaired) electrons. The predicted molar refractivity (Wildman–Crippen MR) is 93.7 cm³/mol. The van der Waals surface area contributed by atoms with Gasteiger partial charge >= 0.3 is 0 Å². The van der Waals surface area contributed by atoms with Gasteiger partial charge in [-0.2, -0.15) is 5.10 Å². The summed E-state index contributed by atoms with van der Waals surface area (Å²) >= 11 is 0. The van der Waals surface area contributed by atoms with Gasteiger partial charge in [-0.25, -0.2) is 18.9 Å². The van der Waals surface area contributed by atoms with Gasteiger partial charge < -0.3 is 0 Å². The lowest BCUT2D eigenvalue weighted by Gasteiger charge is -2.29. The van der Waals surface area contributed by atoms with Gasteiger partial charge in [0.1, 0.15) is 11.6 Å². The first-order chi connectivity index (χ1) is 13.0. The van der Waals surface area contributed by atoms with Crippen LogP contribution < -0.4 is 5.48 Å². The van der Waals surface area contributed by atoms with Crippen LogP contribution in [0.2, 0.25) is 0 Å². The zero-order valence-corrected chi connectivity index (χ0v) is 14.5. The van der Waals surface area contributed by atoms with Gasteiger partial charge in [0, 0.05) is 12.1 Å². The van der Waals surface area contributed by atoms with Crippen molar-refractivity contribution in [2.24, 2.45) is 0 Å². The van der Waals surface area contributed by atoms with E-state index < -0.39 is 17.1 Å². The first kappa shape index (κ1) is 17.4. The monoisotopic (exact) mass is 369 g/mol. The Hall–Kier alpha value is -3.06. The summed E-state index contributed by atoms with van der Waals surface area (Å²) in [6.45, 7) is 1.62. The molecule has 1 heterocycles. The SMILES string of the molecule is Cc1c(F)cccc1C1(C(=O)NO)Cc2cnn(-c3ccc(F)cc3)c2C1. The normalized spacial score (nSPS) is 18.4. The molecule has 0 spiro atoms. The van der Waals surface area contributed by atoms with Crippen LogP contribution in [-0.4, -0.2) is 20.9 Å². The van der Waals surface area contributed by atoms with Crippen LogP contribution in [0.25, 0.3) is 5.69 Å². The van der Waals surface area contributed by atoms with Gasteiger partial charge in [0.2, 0.25) is 0 Å². The molecule has 4 rings (SSSR count). The minimum Gasteiger partial charge on any atom is -0.289 e. The highest BCUT2D eigenvalue weighted by Crippen LogP contribution is 2.42. The van der Waals surface area contributed by atoms with E-state index in [0.29, 0.717) is 16.8 Å². The second-order valence-electron chi connectivity index (χ2n) is 6.79. The summed E-state index contributed by atoms with van der Waals surface area (Å²) < 4.78 is 29.0. The molecular formula is C20H17F2N3O2. The minimum atomic E-state index is -1.14. The molecule has 1 unspecified atom stereocenters. The molecule has 3 aromatic rings. The molecule has 0 fully saturated rings. The maximum absolute atomic E-state index is 14.2. The van der Waals surface area contributed by atoms with Crippen LogP contribution in [0, 0.1) is 18.6 Å². The quantitative estimate of drug-likeness (QED) is 0.551. The second-order valence-corrected chi connectivity index (χ2v) is 6.79. The lowest BCUT2D eigenvalue weighted by molar-refractivity contribution is -0.135. The maximum atomic E-state index is 14.2. The molecule has 27 heavy (non-hydrogen) atoms. The molecular weight excluding hydrogens is 352 g/mol. The smallest absolute Gasteiger partial charge is 0.254 e. The zero-order chi connectivity index (χ0) is 19.2. The number of fused-ring (bicyclic) bond motifs is 1. The van der Waals surface area contributed by atoms with Crippen LogP contribution >= 0.6 is 0 Å². The largest absolute Gasteiger partial charge is 0.289 e. The standard InChI is InChI=1S/C20H17F2N3O2/c1-12-16(3-2-4-17(12)22)20(19(26)24-27)9-13-11-23-25(18(13)10-20)15-7-5-14(21)6-8-15/h2-8,11,27H,9-10H2,1H3,(H,24,26). The Kier molecular flexibility index (Phi) is 4.04. The molecule has 1 aromatic heterocycles. The van der Waals surface area contributed by atoms with Crippen LogP contribution in [0.3, 0.4) is 0 Å². The highest BCUT2D eigenvalue weighted by atomic mass is 19.1. The van der Waals surface area contributed by atoms with Crippen molar-refractivity contribution in [3.63, 3.8) is 0 Å². The molecule has 0 bridgehead atoms. The number of halogens is 2. The van der Waals surface area contributed by atoms with Crippen molar-refractivity contribution < 1.29 is 18.8 Å². The van der Waals surface area contributed by atoms with Gasteiger partial charge in [-0.05, 0) is 60.4 Å². The lowest BCUT2D eigenvalue weighted by atomic mass is 9.75. The van der Waals surface area contributed by atoms with Crippen LogP contribution in [-0.2, 0) is 23.1 Å². The summed E-state index contributed by atoms with van der Waals surface area (Å²) in [6, 6.07) is 10.5. The predicted octanol–water partition coefficient (Wildman–Crippen LogP) is 3.00. The highest BCUT2D eigenvalue weighted by molar-refractivity contribution is 5.89. The molecule has 1 aliphatic carbocycles. The molecule has 2 aromatic carbocycles. The van der Waals surface area contributed by atoms with Crippen LogP contribution in [0.15, 0.2) is 48.7 Å². The highest BCUT2D eigenvalue weighted by Gasteiger charge is 2.48. The molecule has 0 saturated carbocycles. The van der Waals surface area contributed by atoms with Gasteiger partial charge in [0.25, 0.3) is 5.91 Å². The van der Waals surface area contributed by atoms with E-state index in [1.54, 1.807) is 47.5 Å². The van der Waals surface area contributed by atoms with Gasteiger partial charge in [0.15, 0.2) is 0 Å². The lowest BCUT2D eigenvalue weighted by Crippen LogP contribution is -2.45. The molecule has 1 amide bonds. The number of hydrogen-bond acceptors (Lipinski definition) is 3. The number of rotatable bonds is 3. The van der Waals surface area contributed by atoms with E-state index in [4.69, 9.17) is 0 Å². The van der Waals surface area contributed by atoms with Crippen LogP contribution in [0.5, 0.6) is 0 Å². The van der Waals surface area contributed by atoms with E-state index in [9.17, 15) is 18.8 Å². The summed E-state index contributed by atoms with van der Waals surface area (Å²) in [4.78, 5) is 12.7. The Morgan fingerprint density at radius 2 is 1.93 bits per heavy atom. The third-order valence-corrected chi connectivity index (χ3v) is 5.31. The van der Waals surface area contributed by atoms with E-state index in [2.05, 4.69) is 5.10 Å². The molecule has 138 valence electrons. The summed E-state index contributed by atoms with van der Waals surface area (Å²) in [5, 5.41) is 13.7. The zero-order valence-electron chi connectivity index (χ0n) is 14.5.